The Labute approximate surface area is 336 Å². The molecule has 1 heterocycles. The molecule has 0 spiro atoms. The molecular weight excluding hydrogens is 749 g/mol. The van der Waals surface area contributed by atoms with Gasteiger partial charge in [0.25, 0.3) is 5.91 Å². The first-order valence-electron chi connectivity index (χ1n) is 19.2. The van der Waals surface area contributed by atoms with Crippen molar-refractivity contribution in [2.45, 2.75) is 44.7 Å². The van der Waals surface area contributed by atoms with E-state index in [0.29, 0.717) is 69.0 Å². The third-order valence-electron chi connectivity index (χ3n) is 8.74. The standard InChI is InChI=1S/C42H54N4O6S2Si/c1-4-50-55(51-5-2,52-6-3)31-13-24-43-42(47)38-16-9-10-17-39(38)45-44-36-20-22-37(23-21-36)46-25-29-53-32-34-14-7-11-18-40(34)48-27-28-49-41-19-12-8-15-35(41)33-54-30-26-46/h7-12,14-23H,4-6,13,24-33H2,1-3H3,(H,43,47). The molecule has 1 aliphatic heterocycles. The lowest BCUT2D eigenvalue weighted by molar-refractivity contribution is 0.0704. The van der Waals surface area contributed by atoms with Crippen LogP contribution < -0.4 is 19.7 Å². The quantitative estimate of drug-likeness (QED) is 0.0759. The number of rotatable bonds is 14. The van der Waals surface area contributed by atoms with Gasteiger partial charge in [-0.3, -0.25) is 4.79 Å². The van der Waals surface area contributed by atoms with Crippen LogP contribution in [-0.2, 0) is 24.8 Å². The molecule has 4 aromatic carbocycles. The molecule has 294 valence electrons. The van der Waals surface area contributed by atoms with Crippen LogP contribution >= 0.6 is 23.5 Å². The summed E-state index contributed by atoms with van der Waals surface area (Å²) in [5.41, 5.74) is 5.21. The zero-order valence-corrected chi connectivity index (χ0v) is 34.9. The molecule has 0 saturated carbocycles. The number of ether oxygens (including phenoxy) is 2. The Balaban J connectivity index is 1.21. The van der Waals surface area contributed by atoms with Crippen molar-refractivity contribution in [2.75, 3.05) is 69.1 Å². The normalized spacial score (nSPS) is 14.6. The van der Waals surface area contributed by atoms with Gasteiger partial charge in [-0.05, 0) is 75.7 Å². The van der Waals surface area contributed by atoms with Gasteiger partial charge in [-0.1, -0.05) is 48.5 Å². The first kappa shape index (κ1) is 42.3. The summed E-state index contributed by atoms with van der Waals surface area (Å²) in [6.07, 6.45) is 0.675. The maximum Gasteiger partial charge on any atom is 0.500 e. The molecule has 0 bridgehead atoms. The summed E-state index contributed by atoms with van der Waals surface area (Å²) >= 11 is 3.82. The van der Waals surface area contributed by atoms with Crippen LogP contribution in [0.15, 0.2) is 107 Å². The third-order valence-corrected chi connectivity index (χ3v) is 13.9. The number of anilines is 1. The van der Waals surface area contributed by atoms with Crippen molar-refractivity contribution in [3.63, 3.8) is 0 Å². The summed E-state index contributed by atoms with van der Waals surface area (Å²) < 4.78 is 30.1. The number of carbonyl (C=O) groups excluding carboxylic acids is 1. The van der Waals surface area contributed by atoms with E-state index in [1.165, 1.54) is 11.1 Å². The van der Waals surface area contributed by atoms with E-state index >= 15 is 0 Å². The SMILES string of the molecule is CCO[Si](CCCNC(=O)c1ccccc1N=Nc1ccc(N2CCSCc3ccccc3OCCOc3ccccc3CSCC2)cc1)(OCC)OCC. The molecule has 0 aliphatic carbocycles. The highest BCUT2D eigenvalue weighted by molar-refractivity contribution is 7.98. The number of fused-ring (bicyclic) bond motifs is 2. The molecule has 0 radical (unpaired) electrons. The highest BCUT2D eigenvalue weighted by Gasteiger charge is 2.39. The van der Waals surface area contributed by atoms with Crippen molar-refractivity contribution in [1.82, 2.24) is 5.32 Å². The maximum atomic E-state index is 13.2. The topological polar surface area (TPSA) is 103 Å². The minimum atomic E-state index is -2.77. The van der Waals surface area contributed by atoms with Crippen molar-refractivity contribution in [1.29, 1.82) is 0 Å². The number of hydrogen-bond donors (Lipinski definition) is 1. The summed E-state index contributed by atoms with van der Waals surface area (Å²) in [5.74, 6) is 5.32. The van der Waals surface area contributed by atoms with E-state index < -0.39 is 8.80 Å². The average molecular weight is 803 g/mol. The van der Waals surface area contributed by atoms with E-state index in [4.69, 9.17) is 22.8 Å². The molecule has 4 aromatic rings. The Morgan fingerprint density at radius 2 is 1.27 bits per heavy atom. The molecule has 0 unspecified atom stereocenters. The predicted octanol–water partition coefficient (Wildman–Crippen LogP) is 9.71. The zero-order chi connectivity index (χ0) is 38.6. The van der Waals surface area contributed by atoms with Gasteiger partial charge in [0.05, 0.1) is 16.9 Å². The van der Waals surface area contributed by atoms with Crippen LogP contribution in [0.25, 0.3) is 0 Å². The smallest absolute Gasteiger partial charge is 0.490 e. The molecule has 0 saturated heterocycles. The van der Waals surface area contributed by atoms with Gasteiger partial charge >= 0.3 is 8.80 Å². The minimum Gasteiger partial charge on any atom is -0.490 e. The highest BCUT2D eigenvalue weighted by Crippen LogP contribution is 2.29. The van der Waals surface area contributed by atoms with Crippen LogP contribution in [0, 0.1) is 0 Å². The second kappa shape index (κ2) is 23.3. The molecule has 0 atom stereocenters. The fourth-order valence-corrected chi connectivity index (χ4v) is 10.6. The van der Waals surface area contributed by atoms with Crippen LogP contribution in [0.1, 0.15) is 48.7 Å². The Hall–Kier alpha value is -3.85. The number of carbonyl (C=O) groups is 1. The molecular formula is C42H54N4O6S2Si. The molecule has 1 N–H and O–H groups in total. The summed E-state index contributed by atoms with van der Waals surface area (Å²) in [4.78, 5) is 15.7. The van der Waals surface area contributed by atoms with Crippen molar-refractivity contribution >= 4 is 55.3 Å². The second-order valence-electron chi connectivity index (χ2n) is 12.6. The van der Waals surface area contributed by atoms with Gasteiger partial charge in [-0.2, -0.15) is 28.6 Å². The fraction of sp³-hybridized carbons (Fsp3) is 0.405. The van der Waals surface area contributed by atoms with Gasteiger partial charge in [0, 0.05) is 85.3 Å². The van der Waals surface area contributed by atoms with E-state index in [2.05, 4.69) is 56.8 Å². The number of hydrogen-bond acceptors (Lipinski definition) is 11. The minimum absolute atomic E-state index is 0.201. The summed E-state index contributed by atoms with van der Waals surface area (Å²) in [6.45, 7) is 10.7. The van der Waals surface area contributed by atoms with Gasteiger partial charge in [-0.15, -0.1) is 5.11 Å². The predicted molar refractivity (Wildman–Crippen MR) is 228 cm³/mol. The number of benzene rings is 4. The fourth-order valence-electron chi connectivity index (χ4n) is 6.11. The lowest BCUT2D eigenvalue weighted by Gasteiger charge is -2.28. The Morgan fingerprint density at radius 3 is 1.85 bits per heavy atom. The summed E-state index contributed by atoms with van der Waals surface area (Å²) in [7, 11) is -2.77. The maximum absolute atomic E-state index is 13.2. The summed E-state index contributed by atoms with van der Waals surface area (Å²) in [5, 5.41) is 12.0. The molecule has 0 fully saturated rings. The van der Waals surface area contributed by atoms with Gasteiger partial charge in [-0.25, -0.2) is 0 Å². The second-order valence-corrected chi connectivity index (χ2v) is 17.5. The number of thioether (sulfide) groups is 2. The van der Waals surface area contributed by atoms with Crippen LogP contribution in [0.4, 0.5) is 17.1 Å². The first-order valence-corrected chi connectivity index (χ1v) is 23.4. The van der Waals surface area contributed by atoms with E-state index in [-0.39, 0.29) is 5.91 Å². The average Bonchev–Trinajstić information content (AvgIpc) is 3.21. The van der Waals surface area contributed by atoms with Crippen LogP contribution in [0.3, 0.4) is 0 Å². The molecule has 1 aliphatic rings. The zero-order valence-electron chi connectivity index (χ0n) is 32.2. The number of para-hydroxylation sites is 2. The van der Waals surface area contributed by atoms with E-state index in [1.54, 1.807) is 12.1 Å². The van der Waals surface area contributed by atoms with Crippen molar-refractivity contribution in [3.05, 3.63) is 114 Å². The Kier molecular flexibility index (Phi) is 17.9. The number of azo groups is 1. The van der Waals surface area contributed by atoms with Gasteiger partial charge in [0.15, 0.2) is 0 Å². The van der Waals surface area contributed by atoms with E-state index in [9.17, 15) is 4.79 Å². The lowest BCUT2D eigenvalue weighted by Crippen LogP contribution is -2.46. The van der Waals surface area contributed by atoms with Crippen LogP contribution in [0.5, 0.6) is 11.5 Å². The highest BCUT2D eigenvalue weighted by atomic mass is 32.2. The lowest BCUT2D eigenvalue weighted by atomic mass is 10.1. The molecule has 5 rings (SSSR count). The first-order chi connectivity index (χ1) is 27.0. The van der Waals surface area contributed by atoms with Gasteiger partial charge in [0.2, 0.25) is 0 Å². The van der Waals surface area contributed by atoms with E-state index in [0.717, 1.165) is 53.3 Å². The monoisotopic (exact) mass is 802 g/mol. The molecule has 55 heavy (non-hydrogen) atoms. The van der Waals surface area contributed by atoms with Crippen molar-refractivity contribution in [2.24, 2.45) is 10.2 Å². The van der Waals surface area contributed by atoms with Gasteiger partial charge < -0.3 is 33.0 Å². The van der Waals surface area contributed by atoms with Crippen molar-refractivity contribution in [3.8, 4) is 11.5 Å². The number of nitrogens with zero attached hydrogens (tertiary/aromatic N) is 3. The molecule has 0 aromatic heterocycles. The Bertz CT molecular complexity index is 1710. The molecule has 10 nitrogen and oxygen atoms in total. The summed E-state index contributed by atoms with van der Waals surface area (Å²) in [6, 6.07) is 32.6. The largest absolute Gasteiger partial charge is 0.500 e. The van der Waals surface area contributed by atoms with Crippen LogP contribution in [0.2, 0.25) is 6.04 Å². The number of amides is 1. The molecule has 13 heteroatoms. The third kappa shape index (κ3) is 13.4. The number of nitrogens with one attached hydrogen (secondary N) is 1. The Morgan fingerprint density at radius 1 is 0.727 bits per heavy atom. The molecule has 1 amide bonds. The van der Waals surface area contributed by atoms with Gasteiger partial charge in [0.1, 0.15) is 24.7 Å². The van der Waals surface area contributed by atoms with Crippen LogP contribution in [-0.4, -0.2) is 78.9 Å². The van der Waals surface area contributed by atoms with E-state index in [1.807, 2.05) is 92.8 Å². The van der Waals surface area contributed by atoms with Crippen molar-refractivity contribution < 1.29 is 27.5 Å².